The fraction of sp³-hybridized carbons (Fsp3) is 0.125. The SMILES string of the molecule is COc1cc([N+](=O)[O-])c(NCc2cccnc2)cc1Sc1nccs1. The lowest BCUT2D eigenvalue weighted by Crippen LogP contribution is -2.04. The summed E-state index contributed by atoms with van der Waals surface area (Å²) in [6, 6.07) is 6.88. The molecular formula is C16H14N4O3S2. The molecule has 2 heterocycles. The van der Waals surface area contributed by atoms with E-state index in [2.05, 4.69) is 15.3 Å². The molecule has 0 aliphatic rings. The molecule has 9 heteroatoms. The van der Waals surface area contributed by atoms with Crippen LogP contribution in [0.3, 0.4) is 0 Å². The van der Waals surface area contributed by atoms with Gasteiger partial charge in [0.25, 0.3) is 5.69 Å². The molecule has 0 amide bonds. The van der Waals surface area contributed by atoms with Crippen molar-refractivity contribution in [3.8, 4) is 5.75 Å². The van der Waals surface area contributed by atoms with Crippen LogP contribution in [0.25, 0.3) is 0 Å². The molecule has 128 valence electrons. The minimum atomic E-state index is -0.425. The Morgan fingerprint density at radius 2 is 2.28 bits per heavy atom. The molecule has 0 spiro atoms. The van der Waals surface area contributed by atoms with Crippen LogP contribution >= 0.6 is 23.1 Å². The van der Waals surface area contributed by atoms with Crippen molar-refractivity contribution in [2.45, 2.75) is 15.8 Å². The molecule has 25 heavy (non-hydrogen) atoms. The van der Waals surface area contributed by atoms with Gasteiger partial charge in [0.2, 0.25) is 0 Å². The number of nitrogens with one attached hydrogen (secondary N) is 1. The Bertz CT molecular complexity index is 857. The van der Waals surface area contributed by atoms with Crippen LogP contribution in [-0.2, 0) is 6.54 Å². The average molecular weight is 374 g/mol. The molecule has 1 N–H and O–H groups in total. The summed E-state index contributed by atoms with van der Waals surface area (Å²) >= 11 is 2.91. The van der Waals surface area contributed by atoms with Crippen LogP contribution in [0.1, 0.15) is 5.56 Å². The Kier molecular flexibility index (Phi) is 5.46. The van der Waals surface area contributed by atoms with E-state index in [0.29, 0.717) is 18.0 Å². The summed E-state index contributed by atoms with van der Waals surface area (Å²) in [5.74, 6) is 0.443. The monoisotopic (exact) mass is 374 g/mol. The van der Waals surface area contributed by atoms with E-state index < -0.39 is 4.92 Å². The molecule has 0 fully saturated rings. The Hall–Kier alpha value is -2.65. The lowest BCUT2D eigenvalue weighted by molar-refractivity contribution is -0.384. The molecular weight excluding hydrogens is 360 g/mol. The fourth-order valence-electron chi connectivity index (χ4n) is 2.14. The van der Waals surface area contributed by atoms with Crippen molar-refractivity contribution in [3.63, 3.8) is 0 Å². The van der Waals surface area contributed by atoms with Crippen LogP contribution in [0.2, 0.25) is 0 Å². The molecule has 3 rings (SSSR count). The number of hydrogen-bond donors (Lipinski definition) is 1. The van der Waals surface area contributed by atoms with Crippen LogP contribution in [0, 0.1) is 10.1 Å². The van der Waals surface area contributed by atoms with E-state index in [1.807, 2.05) is 17.5 Å². The second-order valence-corrected chi connectivity index (χ2v) is 7.08. The standard InChI is InChI=1S/C16H14N4O3S2/c1-23-14-8-13(20(21)22)12(19-10-11-3-2-4-17-9-11)7-15(14)25-16-18-5-6-24-16/h2-9,19H,10H2,1H3. The number of nitro groups is 1. The molecule has 0 unspecified atom stereocenters. The zero-order valence-electron chi connectivity index (χ0n) is 13.2. The molecule has 0 aliphatic heterocycles. The molecule has 0 aliphatic carbocycles. The maximum Gasteiger partial charge on any atom is 0.296 e. The van der Waals surface area contributed by atoms with Gasteiger partial charge >= 0.3 is 0 Å². The first kappa shape index (κ1) is 17.2. The normalized spacial score (nSPS) is 10.4. The van der Waals surface area contributed by atoms with Gasteiger partial charge in [-0.15, -0.1) is 11.3 Å². The maximum atomic E-state index is 11.4. The largest absolute Gasteiger partial charge is 0.495 e. The zero-order chi connectivity index (χ0) is 17.6. The van der Waals surface area contributed by atoms with Gasteiger partial charge in [0.1, 0.15) is 11.4 Å². The van der Waals surface area contributed by atoms with E-state index in [4.69, 9.17) is 4.74 Å². The number of pyridine rings is 1. The predicted molar refractivity (Wildman–Crippen MR) is 97.4 cm³/mol. The summed E-state index contributed by atoms with van der Waals surface area (Å²) in [4.78, 5) is 20.0. The van der Waals surface area contributed by atoms with Gasteiger partial charge in [-0.2, -0.15) is 0 Å². The van der Waals surface area contributed by atoms with Gasteiger partial charge in [0, 0.05) is 30.5 Å². The minimum absolute atomic E-state index is 0.0378. The zero-order valence-corrected chi connectivity index (χ0v) is 14.8. The molecule has 0 radical (unpaired) electrons. The van der Waals surface area contributed by atoms with Crippen LogP contribution in [0.4, 0.5) is 11.4 Å². The van der Waals surface area contributed by atoms with Gasteiger partial charge in [-0.05, 0) is 17.7 Å². The summed E-state index contributed by atoms with van der Waals surface area (Å²) in [5, 5.41) is 16.4. The lowest BCUT2D eigenvalue weighted by atomic mass is 10.2. The average Bonchev–Trinajstić information content (AvgIpc) is 3.13. The third-order valence-electron chi connectivity index (χ3n) is 3.29. The highest BCUT2D eigenvalue weighted by molar-refractivity contribution is 8.01. The number of nitro benzene ring substituents is 1. The van der Waals surface area contributed by atoms with Gasteiger partial charge < -0.3 is 10.1 Å². The third kappa shape index (κ3) is 4.25. The molecule has 0 saturated heterocycles. The second kappa shape index (κ2) is 7.95. The number of methoxy groups -OCH3 is 1. The summed E-state index contributed by atoms with van der Waals surface area (Å²) in [6.07, 6.45) is 5.11. The first-order chi connectivity index (χ1) is 12.2. The number of ether oxygens (including phenoxy) is 1. The summed E-state index contributed by atoms with van der Waals surface area (Å²) in [5.41, 5.74) is 1.32. The van der Waals surface area contributed by atoms with Gasteiger partial charge in [-0.1, -0.05) is 17.8 Å². The molecule has 2 aromatic heterocycles. The van der Waals surface area contributed by atoms with Crippen LogP contribution in [0.15, 0.2) is 57.5 Å². The Labute approximate surface area is 152 Å². The van der Waals surface area contributed by atoms with Crippen LogP contribution in [-0.4, -0.2) is 22.0 Å². The van der Waals surface area contributed by atoms with Gasteiger partial charge in [-0.25, -0.2) is 4.98 Å². The van der Waals surface area contributed by atoms with Crippen molar-refractivity contribution in [1.29, 1.82) is 0 Å². The Balaban J connectivity index is 1.92. The van der Waals surface area contributed by atoms with Crippen molar-refractivity contribution < 1.29 is 9.66 Å². The van der Waals surface area contributed by atoms with Crippen molar-refractivity contribution in [2.24, 2.45) is 0 Å². The number of rotatable bonds is 7. The van der Waals surface area contributed by atoms with Crippen LogP contribution < -0.4 is 10.1 Å². The topological polar surface area (TPSA) is 90.2 Å². The molecule has 0 atom stereocenters. The quantitative estimate of drug-likeness (QED) is 0.489. The van der Waals surface area contributed by atoms with Crippen molar-refractivity contribution in [2.75, 3.05) is 12.4 Å². The minimum Gasteiger partial charge on any atom is -0.495 e. The van der Waals surface area contributed by atoms with Crippen molar-refractivity contribution >= 4 is 34.5 Å². The molecule has 7 nitrogen and oxygen atoms in total. The lowest BCUT2D eigenvalue weighted by Gasteiger charge is -2.12. The summed E-state index contributed by atoms with van der Waals surface area (Å²) in [7, 11) is 1.49. The van der Waals surface area contributed by atoms with Crippen LogP contribution in [0.5, 0.6) is 5.75 Å². The second-order valence-electron chi connectivity index (χ2n) is 4.89. The Morgan fingerprint density at radius 3 is 2.92 bits per heavy atom. The number of anilines is 1. The summed E-state index contributed by atoms with van der Waals surface area (Å²) in [6.45, 7) is 0.433. The molecule has 0 bridgehead atoms. The number of thiazole rings is 1. The fourth-order valence-corrected chi connectivity index (χ4v) is 3.85. The molecule has 1 aromatic carbocycles. The first-order valence-corrected chi connectivity index (χ1v) is 8.93. The van der Waals surface area contributed by atoms with E-state index in [9.17, 15) is 10.1 Å². The number of benzene rings is 1. The van der Waals surface area contributed by atoms with Gasteiger partial charge in [0.15, 0.2) is 4.34 Å². The highest BCUT2D eigenvalue weighted by Gasteiger charge is 2.20. The number of nitrogens with zero attached hydrogens (tertiary/aromatic N) is 3. The first-order valence-electron chi connectivity index (χ1n) is 7.24. The third-order valence-corrected chi connectivity index (χ3v) is 5.21. The highest BCUT2D eigenvalue weighted by atomic mass is 32.2. The van der Waals surface area contributed by atoms with Gasteiger partial charge in [0.05, 0.1) is 23.0 Å². The maximum absolute atomic E-state index is 11.4. The number of aromatic nitrogens is 2. The van der Waals surface area contributed by atoms with E-state index in [1.165, 1.54) is 36.3 Å². The van der Waals surface area contributed by atoms with E-state index in [-0.39, 0.29) is 5.69 Å². The molecule has 0 saturated carbocycles. The highest BCUT2D eigenvalue weighted by Crippen LogP contribution is 2.41. The smallest absolute Gasteiger partial charge is 0.296 e. The van der Waals surface area contributed by atoms with Gasteiger partial charge in [-0.3, -0.25) is 15.1 Å². The predicted octanol–water partition coefficient (Wildman–Crippen LogP) is 4.22. The van der Waals surface area contributed by atoms with E-state index >= 15 is 0 Å². The number of hydrogen-bond acceptors (Lipinski definition) is 8. The summed E-state index contributed by atoms with van der Waals surface area (Å²) < 4.78 is 6.15. The van der Waals surface area contributed by atoms with E-state index in [1.54, 1.807) is 24.7 Å². The Morgan fingerprint density at radius 1 is 1.40 bits per heavy atom. The molecule has 3 aromatic rings. The van der Waals surface area contributed by atoms with E-state index in [0.717, 1.165) is 14.8 Å². The van der Waals surface area contributed by atoms with Crippen molar-refractivity contribution in [1.82, 2.24) is 9.97 Å². The van der Waals surface area contributed by atoms with Crippen molar-refractivity contribution in [3.05, 3.63) is 63.9 Å².